The highest BCUT2D eigenvalue weighted by molar-refractivity contribution is 7.19. The number of anilines is 2. The molecule has 65 heavy (non-hydrogen) atoms. The van der Waals surface area contributed by atoms with Crippen LogP contribution in [0.2, 0.25) is 0 Å². The van der Waals surface area contributed by atoms with Gasteiger partial charge in [-0.25, -0.2) is 15.0 Å². The third-order valence-corrected chi connectivity index (χ3v) is 14.8. The summed E-state index contributed by atoms with van der Waals surface area (Å²) in [4.78, 5) is 76.2. The molecule has 4 aromatic heterocycles. The van der Waals surface area contributed by atoms with Gasteiger partial charge in [0.1, 0.15) is 5.82 Å². The molecule has 2 aromatic carbocycles. The molecule has 6 aromatic rings. The summed E-state index contributed by atoms with van der Waals surface area (Å²) in [5.74, 6) is -1.04. The summed E-state index contributed by atoms with van der Waals surface area (Å²) in [6.45, 7) is 11.5. The molecule has 344 valence electrons. The third kappa shape index (κ3) is 10.9. The summed E-state index contributed by atoms with van der Waals surface area (Å²) in [6.07, 6.45) is 8.31. The number of primary amides is 1. The number of carbonyl (C=O) groups is 4. The number of rotatable bonds is 9. The topological polar surface area (TPSA) is 197 Å². The van der Waals surface area contributed by atoms with Crippen LogP contribution in [0.1, 0.15) is 98.4 Å². The van der Waals surface area contributed by atoms with Crippen LogP contribution in [0.4, 0.5) is 11.5 Å². The number of nitrogens with two attached hydrogens (primary N) is 2. The number of hydrogen-bond acceptors (Lipinski definition) is 13. The first-order valence-electron chi connectivity index (χ1n) is 22.3. The van der Waals surface area contributed by atoms with Crippen molar-refractivity contribution in [2.45, 2.75) is 77.3 Å². The molecule has 2 fully saturated rings. The number of nitrogens with one attached hydrogen (secondary N) is 1. The number of likely N-dealkylation sites (tertiary alicyclic amines) is 2. The molecule has 0 aliphatic carbocycles. The first-order chi connectivity index (χ1) is 31.0. The number of likely N-dealkylation sites (N-methyl/N-ethyl adjacent to an activating group) is 2. The molecule has 0 radical (unpaired) electrons. The van der Waals surface area contributed by atoms with E-state index in [0.29, 0.717) is 59.0 Å². The Morgan fingerprint density at radius 2 is 1.25 bits per heavy atom. The lowest BCUT2D eigenvalue weighted by Gasteiger charge is -2.38. The minimum Gasteiger partial charge on any atom is -0.383 e. The number of aromatic nitrogens is 4. The number of benzene rings is 2. The molecule has 17 heteroatoms. The van der Waals surface area contributed by atoms with Gasteiger partial charge in [0.05, 0.1) is 54.4 Å². The minimum absolute atomic E-state index is 0.116. The van der Waals surface area contributed by atoms with Crippen molar-refractivity contribution >= 4 is 89.0 Å². The van der Waals surface area contributed by atoms with Crippen LogP contribution >= 0.6 is 22.7 Å². The SMILES string of the molecule is CC(CN(C)C)c1nc2cc([C@H]3CC[C@H](C)CN3C(=O)C(=O)Nc3cncc4c(N)nccc34)ccc2s1.CC(CN(C)C)c1nc2cc([C@H]3CC[C@H](C)CN3C(=O)C(N)=O)ccc2s1. The van der Waals surface area contributed by atoms with Crippen LogP contribution in [0.15, 0.2) is 61.1 Å². The zero-order valence-electron chi connectivity index (χ0n) is 38.6. The first kappa shape index (κ1) is 47.3. The Morgan fingerprint density at radius 3 is 1.74 bits per heavy atom. The van der Waals surface area contributed by atoms with Crippen LogP contribution in [0.3, 0.4) is 0 Å². The molecule has 2 unspecified atom stereocenters. The van der Waals surface area contributed by atoms with Crippen molar-refractivity contribution in [3.63, 3.8) is 0 Å². The van der Waals surface area contributed by atoms with E-state index in [1.165, 1.54) is 6.20 Å². The first-order valence-corrected chi connectivity index (χ1v) is 23.9. The Labute approximate surface area is 388 Å². The minimum atomic E-state index is -0.886. The average molecular weight is 920 g/mol. The average Bonchev–Trinajstić information content (AvgIpc) is 3.90. The van der Waals surface area contributed by atoms with E-state index in [-0.39, 0.29) is 12.1 Å². The van der Waals surface area contributed by atoms with Crippen LogP contribution in [-0.2, 0) is 19.2 Å². The molecular weight excluding hydrogens is 859 g/mol. The standard InChI is InChI=1S/C28H33N7O2S.C20H28N4O2S/c1-16-5-7-23(18-6-8-24-21(11-18)33-27(38-24)17(2)15-34(3)4)35(14-16)28(37)26(36)32-22-13-30-12-20-19(22)9-10-31-25(20)29;1-12-5-7-16(24(10-12)20(26)18(21)25)14-6-8-17-15(9-14)22-19(27-17)13(2)11-23(3)4/h6,8-13,16-17,23H,5,7,14-15H2,1-4H3,(H2,29,31)(H,32,36);6,8-9,12-13,16H,5,7,10-11H2,1-4H3,(H2,21,25)/t16-,17?,23+;12-,13?,16+/m00/s1. The van der Waals surface area contributed by atoms with E-state index in [4.69, 9.17) is 21.4 Å². The molecule has 5 N–H and O–H groups in total. The van der Waals surface area contributed by atoms with E-state index in [9.17, 15) is 19.2 Å². The lowest BCUT2D eigenvalue weighted by atomic mass is 9.89. The summed E-state index contributed by atoms with van der Waals surface area (Å²) in [5, 5.41) is 6.30. The van der Waals surface area contributed by atoms with Gasteiger partial charge in [-0.05, 0) is 107 Å². The number of amides is 4. The molecule has 2 aliphatic rings. The molecule has 0 bridgehead atoms. The summed E-state index contributed by atoms with van der Waals surface area (Å²) in [6, 6.07) is 13.9. The molecule has 15 nitrogen and oxygen atoms in total. The van der Waals surface area contributed by atoms with Crippen molar-refractivity contribution in [1.29, 1.82) is 0 Å². The van der Waals surface area contributed by atoms with Crippen molar-refractivity contribution in [2.24, 2.45) is 17.6 Å². The van der Waals surface area contributed by atoms with E-state index < -0.39 is 23.6 Å². The number of fused-ring (bicyclic) bond motifs is 3. The number of piperidine rings is 2. The lowest BCUT2D eigenvalue weighted by Crippen LogP contribution is -2.46. The maximum absolute atomic E-state index is 13.5. The fourth-order valence-electron chi connectivity index (χ4n) is 9.12. The Hall–Kier alpha value is -5.62. The monoisotopic (exact) mass is 919 g/mol. The van der Waals surface area contributed by atoms with Gasteiger partial charge in [0.2, 0.25) is 0 Å². The Bertz CT molecular complexity index is 2700. The predicted octanol–water partition coefficient (Wildman–Crippen LogP) is 7.17. The van der Waals surface area contributed by atoms with Gasteiger partial charge in [0.15, 0.2) is 0 Å². The smallest absolute Gasteiger partial charge is 0.313 e. The van der Waals surface area contributed by atoms with E-state index >= 15 is 0 Å². The molecule has 0 spiro atoms. The highest BCUT2D eigenvalue weighted by Gasteiger charge is 2.36. The molecule has 2 saturated heterocycles. The largest absolute Gasteiger partial charge is 0.383 e. The molecular formula is C48H61N11O4S2. The third-order valence-electron chi connectivity index (χ3n) is 12.3. The van der Waals surface area contributed by atoms with Gasteiger partial charge in [-0.1, -0.05) is 39.8 Å². The van der Waals surface area contributed by atoms with Crippen LogP contribution < -0.4 is 16.8 Å². The van der Waals surface area contributed by atoms with Gasteiger partial charge in [0.25, 0.3) is 0 Å². The number of pyridine rings is 2. The van der Waals surface area contributed by atoms with E-state index in [2.05, 4.69) is 117 Å². The van der Waals surface area contributed by atoms with Crippen LogP contribution in [-0.4, -0.2) is 118 Å². The van der Waals surface area contributed by atoms with Gasteiger partial charge >= 0.3 is 23.6 Å². The Morgan fingerprint density at radius 1 is 0.738 bits per heavy atom. The molecule has 2 aliphatic heterocycles. The number of nitrogens with zero attached hydrogens (tertiary/aromatic N) is 8. The fraction of sp³-hybridized carbons (Fsp3) is 0.458. The van der Waals surface area contributed by atoms with Crippen LogP contribution in [0.5, 0.6) is 0 Å². The maximum atomic E-state index is 13.5. The molecule has 0 saturated carbocycles. The van der Waals surface area contributed by atoms with E-state index in [0.717, 1.165) is 80.3 Å². The summed E-state index contributed by atoms with van der Waals surface area (Å²) < 4.78 is 2.28. The quantitative estimate of drug-likeness (QED) is 0.124. The summed E-state index contributed by atoms with van der Waals surface area (Å²) in [7, 11) is 8.26. The van der Waals surface area contributed by atoms with Gasteiger partial charge in [-0.2, -0.15) is 0 Å². The van der Waals surface area contributed by atoms with Crippen molar-refractivity contribution in [1.82, 2.24) is 39.5 Å². The van der Waals surface area contributed by atoms with Gasteiger partial charge in [-0.3, -0.25) is 24.2 Å². The van der Waals surface area contributed by atoms with E-state index in [1.54, 1.807) is 50.9 Å². The van der Waals surface area contributed by atoms with Crippen molar-refractivity contribution in [2.75, 3.05) is 65.4 Å². The van der Waals surface area contributed by atoms with Gasteiger partial charge in [-0.15, -0.1) is 22.7 Å². The Balaban J connectivity index is 0.000000206. The second kappa shape index (κ2) is 20.3. The number of nitrogen functional groups attached to an aromatic ring is 1. The lowest BCUT2D eigenvalue weighted by molar-refractivity contribution is -0.147. The van der Waals surface area contributed by atoms with Gasteiger partial charge < -0.3 is 36.4 Å². The fourth-order valence-corrected chi connectivity index (χ4v) is 11.1. The van der Waals surface area contributed by atoms with Crippen molar-refractivity contribution < 1.29 is 19.2 Å². The number of carbonyl (C=O) groups excluding carboxylic acids is 4. The van der Waals surface area contributed by atoms with E-state index in [1.807, 2.05) is 0 Å². The molecule has 6 atom stereocenters. The number of thiazole rings is 2. The maximum Gasteiger partial charge on any atom is 0.313 e. The normalized spacial score (nSPS) is 19.9. The summed E-state index contributed by atoms with van der Waals surface area (Å²) in [5.41, 5.74) is 15.6. The highest BCUT2D eigenvalue weighted by atomic mass is 32.1. The van der Waals surface area contributed by atoms with Crippen molar-refractivity contribution in [3.8, 4) is 0 Å². The highest BCUT2D eigenvalue weighted by Crippen LogP contribution is 2.38. The number of hydrogen-bond donors (Lipinski definition) is 3. The predicted molar refractivity (Wildman–Crippen MR) is 261 cm³/mol. The molecule has 6 heterocycles. The Kier molecular flexibility index (Phi) is 14.8. The van der Waals surface area contributed by atoms with Crippen molar-refractivity contribution in [3.05, 3.63) is 82.2 Å². The molecule has 4 amide bonds. The molecule has 8 rings (SSSR count). The zero-order valence-corrected chi connectivity index (χ0v) is 40.2. The van der Waals surface area contributed by atoms with Crippen LogP contribution in [0.25, 0.3) is 31.2 Å². The van der Waals surface area contributed by atoms with Crippen LogP contribution in [0, 0.1) is 11.8 Å². The second-order valence-corrected chi connectivity index (χ2v) is 20.6. The van der Waals surface area contributed by atoms with Gasteiger partial charge in [0, 0.05) is 61.2 Å². The summed E-state index contributed by atoms with van der Waals surface area (Å²) >= 11 is 3.44. The second-order valence-electron chi connectivity index (χ2n) is 18.5. The zero-order chi connectivity index (χ0) is 46.7.